The molecule has 0 aliphatic carbocycles. The van der Waals surface area contributed by atoms with E-state index in [9.17, 15) is 14.7 Å². The first-order chi connectivity index (χ1) is 36.0. The maximum atomic E-state index is 13.0. The summed E-state index contributed by atoms with van der Waals surface area (Å²) in [6.45, 7) is 25.9. The number of hydrogen-bond donors (Lipinski definition) is 2. The third kappa shape index (κ3) is 14.4. The van der Waals surface area contributed by atoms with Crippen LogP contribution in [-0.4, -0.2) is 99.4 Å². The molecule has 412 valence electrons. The third-order valence-electron chi connectivity index (χ3n) is 14.2. The fourth-order valence-corrected chi connectivity index (χ4v) is 10.4. The van der Waals surface area contributed by atoms with Gasteiger partial charge < -0.3 is 53.1 Å². The van der Waals surface area contributed by atoms with Gasteiger partial charge in [-0.15, -0.1) is 10.2 Å². The van der Waals surface area contributed by atoms with Crippen LogP contribution in [0.4, 0.5) is 0 Å². The zero-order valence-corrected chi connectivity index (χ0v) is 46.8. The maximum Gasteiger partial charge on any atom is 1.00 e. The molecule has 2 N–H and O–H groups in total. The number of aryl methyl sites for hydroxylation is 2. The van der Waals surface area contributed by atoms with Crippen LogP contribution in [0.2, 0.25) is 0 Å². The first-order valence-corrected chi connectivity index (χ1v) is 26.6. The van der Waals surface area contributed by atoms with Gasteiger partial charge in [0.05, 0.1) is 67.4 Å². The number of nitriles is 1. The molecule has 0 bridgehead atoms. The Bertz CT molecular complexity index is 2800. The van der Waals surface area contributed by atoms with Crippen LogP contribution in [0.1, 0.15) is 146 Å². The van der Waals surface area contributed by atoms with E-state index in [0.29, 0.717) is 24.3 Å². The van der Waals surface area contributed by atoms with Gasteiger partial charge >= 0.3 is 30.8 Å². The van der Waals surface area contributed by atoms with Gasteiger partial charge in [0.1, 0.15) is 18.3 Å². The summed E-state index contributed by atoms with van der Waals surface area (Å²) in [5, 5.41) is 21.7. The monoisotopic (exact) mass is 1080 g/mol. The van der Waals surface area contributed by atoms with Gasteiger partial charge in [-0.1, -0.05) is 24.3 Å². The van der Waals surface area contributed by atoms with Crippen molar-refractivity contribution in [2.45, 2.75) is 138 Å². The Labute approximate surface area is 464 Å². The van der Waals surface area contributed by atoms with E-state index in [1.54, 1.807) is 6.07 Å². The molecule has 1 fully saturated rings. The third-order valence-corrected chi connectivity index (χ3v) is 14.2. The molecule has 0 amide bonds. The molecule has 0 spiro atoms. The van der Waals surface area contributed by atoms with Crippen LogP contribution in [0.25, 0.3) is 0 Å². The molecule has 0 aromatic heterocycles. The number of fused-ring (bicyclic) bond motifs is 6. The molecule has 77 heavy (non-hydrogen) atoms. The number of epoxide rings is 1. The van der Waals surface area contributed by atoms with E-state index >= 15 is 0 Å². The number of benzene rings is 4. The van der Waals surface area contributed by atoms with Crippen LogP contribution in [-0.2, 0) is 36.5 Å². The standard InChI is InChI=1S/C27H33NO6.C21H21NO4.C6H12O2.C2H3N.ClHO4.Li/c1-14(2)31-12-19(29)11-28-9-8-18-10-21-25(33-13-32-21)17(5)22(18)24(28)26-20-7-6-15(3)16(4)23(20)27(30)34-26;1-10-4-5-14-17(11(10)2)21(23)26-20(14)18-16-12(3)19-15(24-9-25-19)8-13(16)6-7-22-18;1-5(2)7-3-6-4-8-6;1-2-3;2-1(3,4)5;/h6-7,10,14,19,24,26,29H,8-9,11-13H2,1-5H3;4-5,8,18,20,22H,6-7,9H2,1-3H3;5-6H,3-4H2,1-2H3;1H3;(H,2,3,4,5);/q;;;;;+1/p-1/t19?,24-,26+;18-,20+;;;;/m11..../s1. The van der Waals surface area contributed by atoms with Crippen LogP contribution in [0.15, 0.2) is 36.4 Å². The molecule has 21 heteroatoms. The average Bonchev–Trinajstić information content (AvgIpc) is 3.65. The molecule has 7 aliphatic rings. The van der Waals surface area contributed by atoms with Crippen molar-refractivity contribution < 1.29 is 105 Å². The molecule has 19 nitrogen and oxygen atoms in total. The number of cyclic esters (lactones) is 2. The summed E-state index contributed by atoms with van der Waals surface area (Å²) in [6, 6.07) is 13.7. The van der Waals surface area contributed by atoms with Gasteiger partial charge in [-0.3, -0.25) is 4.90 Å². The summed E-state index contributed by atoms with van der Waals surface area (Å²) in [5.41, 5.74) is 14.2. The normalized spacial score (nSPS) is 21.1. The van der Waals surface area contributed by atoms with Gasteiger partial charge in [-0.25, -0.2) is 28.2 Å². The average molecular weight is 1080 g/mol. The fourth-order valence-electron chi connectivity index (χ4n) is 10.4. The number of hydrogen-bond acceptors (Lipinski definition) is 19. The smallest absolute Gasteiger partial charge is 0.454 e. The minimum Gasteiger partial charge on any atom is -0.454 e. The minimum absolute atomic E-state index is 0. The SMILES string of the molecule is CC#N.CC(C)OCC1CO1.Cc1ccc2c(c1C)C(=O)O[C@@H]2[C@@H]1NCCc2cc3c(c(C)c21)OCO3.Cc1ccc2c(c1C)C(=O)O[C@@H]2[C@H]1c2c(cc3c(c2C)OCO3)CCN1CC(O)COC(C)C.[Li+].[O-][Cl+3]([O-])([O-])[O-]. The Balaban J connectivity index is 0.000000196. The number of nitrogens with one attached hydrogen (secondary N) is 1. The predicted molar refractivity (Wildman–Crippen MR) is 264 cm³/mol. The maximum absolute atomic E-state index is 13.0. The Hall–Kier alpha value is -5.00. The second-order valence-electron chi connectivity index (χ2n) is 20.1. The molecule has 0 saturated carbocycles. The number of carbonyl (C=O) groups is 2. The summed E-state index contributed by atoms with van der Waals surface area (Å²) in [7, 11) is -4.94. The molecule has 4 aromatic rings. The summed E-state index contributed by atoms with van der Waals surface area (Å²) in [4.78, 5) is 27.8. The van der Waals surface area contributed by atoms with Crippen molar-refractivity contribution in [3.05, 3.63) is 114 Å². The number of aliphatic hydroxyl groups is 1. The van der Waals surface area contributed by atoms with Crippen LogP contribution < -0.4 is 61.8 Å². The number of ether oxygens (including phenoxy) is 9. The van der Waals surface area contributed by atoms with E-state index in [2.05, 4.69) is 41.4 Å². The molecular weight excluding hydrogens is 1010 g/mol. The van der Waals surface area contributed by atoms with Crippen LogP contribution in [0, 0.1) is 63.1 Å². The van der Waals surface area contributed by atoms with E-state index in [-0.39, 0.29) is 75.3 Å². The topological polar surface area (TPSA) is 272 Å². The van der Waals surface area contributed by atoms with Gasteiger partial charge in [-0.05, 0) is 145 Å². The van der Waals surface area contributed by atoms with E-state index in [0.717, 1.165) is 118 Å². The van der Waals surface area contributed by atoms with Crippen LogP contribution >= 0.6 is 0 Å². The van der Waals surface area contributed by atoms with E-state index < -0.39 is 22.5 Å². The molecular formula is C56H69ClLiN3O16. The number of rotatable bonds is 10. The van der Waals surface area contributed by atoms with E-state index in [1.807, 2.05) is 74.4 Å². The van der Waals surface area contributed by atoms with E-state index in [4.69, 9.17) is 66.5 Å². The minimum atomic E-state index is -4.94. The van der Waals surface area contributed by atoms with Crippen molar-refractivity contribution in [3.63, 3.8) is 0 Å². The van der Waals surface area contributed by atoms with Gasteiger partial charge in [0.25, 0.3) is 0 Å². The molecule has 0 radical (unpaired) electrons. The van der Waals surface area contributed by atoms with Crippen molar-refractivity contribution in [2.75, 3.05) is 53.0 Å². The number of β-amino-alcohol motifs (C(OH)–C–C–N with tert-alkyl or cyclic N) is 1. The molecule has 2 unspecified atom stereocenters. The van der Waals surface area contributed by atoms with Crippen molar-refractivity contribution >= 4 is 11.9 Å². The Morgan fingerprint density at radius 3 is 1.74 bits per heavy atom. The molecule has 7 aliphatic heterocycles. The molecule has 6 atom stereocenters. The van der Waals surface area contributed by atoms with Crippen molar-refractivity contribution in [1.82, 2.24) is 10.2 Å². The zero-order chi connectivity index (χ0) is 55.3. The predicted octanol–water partition coefficient (Wildman–Crippen LogP) is 0.965. The number of aliphatic hydroxyl groups excluding tert-OH is 1. The van der Waals surface area contributed by atoms with Gasteiger partial charge in [0.2, 0.25) is 13.6 Å². The first kappa shape index (κ1) is 61.2. The summed E-state index contributed by atoms with van der Waals surface area (Å²) in [6.07, 6.45) is 1.08. The zero-order valence-electron chi connectivity index (χ0n) is 46.0. The summed E-state index contributed by atoms with van der Waals surface area (Å²) in [5.74, 6) is 2.64. The second-order valence-corrected chi connectivity index (χ2v) is 20.8. The fraction of sp³-hybridized carbons (Fsp3) is 0.518. The summed E-state index contributed by atoms with van der Waals surface area (Å²) < 4.78 is 84.5. The second kappa shape index (κ2) is 26.3. The molecule has 7 heterocycles. The molecule has 4 aromatic carbocycles. The largest absolute Gasteiger partial charge is 1.00 e. The number of nitrogens with zero attached hydrogens (tertiary/aromatic N) is 2. The van der Waals surface area contributed by atoms with E-state index in [1.165, 1.54) is 23.6 Å². The number of carbonyl (C=O) groups excluding carboxylic acids is 2. The van der Waals surface area contributed by atoms with Gasteiger partial charge in [0.15, 0.2) is 23.0 Å². The molecule has 11 rings (SSSR count). The van der Waals surface area contributed by atoms with Crippen molar-refractivity contribution in [1.29, 1.82) is 5.26 Å². The van der Waals surface area contributed by atoms with Crippen LogP contribution in [0.3, 0.4) is 0 Å². The van der Waals surface area contributed by atoms with Gasteiger partial charge in [0, 0.05) is 42.3 Å². The Morgan fingerprint density at radius 2 is 1.23 bits per heavy atom. The number of esters is 2. The Kier molecular flexibility index (Phi) is 20.9. The van der Waals surface area contributed by atoms with Crippen molar-refractivity contribution in [3.8, 4) is 29.1 Å². The molecule has 1 saturated heterocycles. The first-order valence-electron chi connectivity index (χ1n) is 25.4. The Morgan fingerprint density at radius 1 is 0.753 bits per heavy atom. The number of halogens is 1. The quantitative estimate of drug-likeness (QED) is 0.127. The van der Waals surface area contributed by atoms with Crippen LogP contribution in [0.5, 0.6) is 23.0 Å². The summed E-state index contributed by atoms with van der Waals surface area (Å²) >= 11 is 0. The van der Waals surface area contributed by atoms with Crippen molar-refractivity contribution in [2.24, 2.45) is 0 Å². The van der Waals surface area contributed by atoms with Gasteiger partial charge in [-0.2, -0.15) is 5.26 Å².